The second-order valence-corrected chi connectivity index (χ2v) is 6.96. The molecule has 0 nitrogen and oxygen atoms in total. The van der Waals surface area contributed by atoms with Gasteiger partial charge in [0, 0.05) is 0 Å². The Morgan fingerprint density at radius 2 is 1.76 bits per heavy atom. The first-order chi connectivity index (χ1) is 8.11. The second kappa shape index (κ2) is 8.16. The average molecular weight is 238 g/mol. The SMILES string of the molecule is CCC(CCC(C)C)CC1CCCC(C)CC1. The zero-order chi connectivity index (χ0) is 12.7. The minimum Gasteiger partial charge on any atom is -0.0651 e. The molecule has 0 spiro atoms. The first-order valence-electron chi connectivity index (χ1n) is 8.11. The van der Waals surface area contributed by atoms with E-state index in [-0.39, 0.29) is 0 Å². The van der Waals surface area contributed by atoms with E-state index < -0.39 is 0 Å². The zero-order valence-electron chi connectivity index (χ0n) is 12.7. The molecule has 1 rings (SSSR count). The molecule has 0 aromatic rings. The van der Waals surface area contributed by atoms with Crippen LogP contribution >= 0.6 is 0 Å². The van der Waals surface area contributed by atoms with Gasteiger partial charge in [-0.3, -0.25) is 0 Å². The van der Waals surface area contributed by atoms with Gasteiger partial charge in [-0.1, -0.05) is 79.1 Å². The van der Waals surface area contributed by atoms with Crippen molar-refractivity contribution in [1.82, 2.24) is 0 Å². The van der Waals surface area contributed by atoms with Gasteiger partial charge in [-0.05, 0) is 30.1 Å². The molecule has 3 unspecified atom stereocenters. The molecule has 102 valence electrons. The fourth-order valence-electron chi connectivity index (χ4n) is 3.33. The molecule has 1 fully saturated rings. The molecule has 1 aliphatic carbocycles. The molecule has 0 bridgehead atoms. The van der Waals surface area contributed by atoms with Gasteiger partial charge in [0.2, 0.25) is 0 Å². The van der Waals surface area contributed by atoms with Crippen molar-refractivity contribution < 1.29 is 0 Å². The second-order valence-electron chi connectivity index (χ2n) is 6.96. The quantitative estimate of drug-likeness (QED) is 0.494. The Morgan fingerprint density at radius 3 is 2.41 bits per heavy atom. The first-order valence-corrected chi connectivity index (χ1v) is 8.11. The highest BCUT2D eigenvalue weighted by atomic mass is 14.2. The molecule has 0 aromatic heterocycles. The van der Waals surface area contributed by atoms with Gasteiger partial charge in [0.1, 0.15) is 0 Å². The van der Waals surface area contributed by atoms with Crippen molar-refractivity contribution in [3.05, 3.63) is 0 Å². The maximum atomic E-state index is 2.44. The van der Waals surface area contributed by atoms with Gasteiger partial charge < -0.3 is 0 Å². The number of rotatable bonds is 6. The predicted octanol–water partition coefficient (Wildman–Crippen LogP) is 6.06. The smallest absolute Gasteiger partial charge is 0.0412 e. The Hall–Kier alpha value is 0. The zero-order valence-corrected chi connectivity index (χ0v) is 12.7. The molecule has 0 aromatic carbocycles. The van der Waals surface area contributed by atoms with Gasteiger partial charge in [0.05, 0.1) is 0 Å². The van der Waals surface area contributed by atoms with Crippen LogP contribution in [0.3, 0.4) is 0 Å². The van der Waals surface area contributed by atoms with Gasteiger partial charge >= 0.3 is 0 Å². The molecule has 1 aliphatic rings. The Kier molecular flexibility index (Phi) is 7.23. The molecule has 17 heavy (non-hydrogen) atoms. The molecule has 1 saturated carbocycles. The van der Waals surface area contributed by atoms with Gasteiger partial charge in [-0.2, -0.15) is 0 Å². The summed E-state index contributed by atoms with van der Waals surface area (Å²) < 4.78 is 0. The minimum atomic E-state index is 0.887. The van der Waals surface area contributed by atoms with Crippen LogP contribution in [0.25, 0.3) is 0 Å². The summed E-state index contributed by atoms with van der Waals surface area (Å²) in [5.41, 5.74) is 0. The van der Waals surface area contributed by atoms with Crippen LogP contribution in [0.5, 0.6) is 0 Å². The van der Waals surface area contributed by atoms with Gasteiger partial charge in [0.25, 0.3) is 0 Å². The van der Waals surface area contributed by atoms with E-state index in [2.05, 4.69) is 27.7 Å². The third kappa shape index (κ3) is 6.48. The molecule has 0 N–H and O–H groups in total. The van der Waals surface area contributed by atoms with Crippen molar-refractivity contribution in [3.8, 4) is 0 Å². The average Bonchev–Trinajstić information content (AvgIpc) is 2.49. The van der Waals surface area contributed by atoms with Crippen molar-refractivity contribution in [1.29, 1.82) is 0 Å². The Balaban J connectivity index is 2.28. The van der Waals surface area contributed by atoms with E-state index in [1.165, 1.54) is 57.8 Å². The lowest BCUT2D eigenvalue weighted by molar-refractivity contribution is 0.301. The summed E-state index contributed by atoms with van der Waals surface area (Å²) >= 11 is 0. The van der Waals surface area contributed by atoms with Gasteiger partial charge in [-0.25, -0.2) is 0 Å². The van der Waals surface area contributed by atoms with E-state index in [0.29, 0.717) is 0 Å². The lowest BCUT2D eigenvalue weighted by Crippen LogP contribution is -2.09. The standard InChI is InChI=1S/C17H34/c1-5-16(11-9-14(2)3)13-17-8-6-7-15(4)10-12-17/h14-17H,5-13H2,1-4H3. The molecule has 0 heterocycles. The molecule has 0 saturated heterocycles. The van der Waals surface area contributed by atoms with E-state index in [1.54, 1.807) is 0 Å². The van der Waals surface area contributed by atoms with Crippen LogP contribution in [0.2, 0.25) is 0 Å². The summed E-state index contributed by atoms with van der Waals surface area (Å²) in [4.78, 5) is 0. The minimum absolute atomic E-state index is 0.887. The molecular weight excluding hydrogens is 204 g/mol. The summed E-state index contributed by atoms with van der Waals surface area (Å²) in [7, 11) is 0. The highest BCUT2D eigenvalue weighted by Crippen LogP contribution is 2.33. The highest BCUT2D eigenvalue weighted by Gasteiger charge is 2.19. The summed E-state index contributed by atoms with van der Waals surface area (Å²) in [6.45, 7) is 9.56. The summed E-state index contributed by atoms with van der Waals surface area (Å²) in [5, 5.41) is 0. The van der Waals surface area contributed by atoms with Crippen LogP contribution < -0.4 is 0 Å². The van der Waals surface area contributed by atoms with Crippen LogP contribution in [0, 0.1) is 23.7 Å². The third-order valence-electron chi connectivity index (χ3n) is 4.77. The van der Waals surface area contributed by atoms with Crippen LogP contribution in [0.4, 0.5) is 0 Å². The van der Waals surface area contributed by atoms with Crippen LogP contribution in [-0.4, -0.2) is 0 Å². The molecule has 0 amide bonds. The fourth-order valence-corrected chi connectivity index (χ4v) is 3.33. The summed E-state index contributed by atoms with van der Waals surface area (Å²) in [6.07, 6.45) is 13.3. The molecule has 0 radical (unpaired) electrons. The number of hydrogen-bond acceptors (Lipinski definition) is 0. The van der Waals surface area contributed by atoms with Crippen molar-refractivity contribution in [2.75, 3.05) is 0 Å². The van der Waals surface area contributed by atoms with Gasteiger partial charge in [0.15, 0.2) is 0 Å². The lowest BCUT2D eigenvalue weighted by atomic mass is 9.84. The maximum Gasteiger partial charge on any atom is -0.0412 e. The number of hydrogen-bond donors (Lipinski definition) is 0. The van der Waals surface area contributed by atoms with E-state index in [9.17, 15) is 0 Å². The fraction of sp³-hybridized carbons (Fsp3) is 1.00. The Morgan fingerprint density at radius 1 is 1.00 bits per heavy atom. The highest BCUT2D eigenvalue weighted by molar-refractivity contribution is 4.71. The molecule has 0 heteroatoms. The van der Waals surface area contributed by atoms with Crippen molar-refractivity contribution in [2.24, 2.45) is 23.7 Å². The molecule has 0 aliphatic heterocycles. The van der Waals surface area contributed by atoms with E-state index in [1.807, 2.05) is 0 Å². The van der Waals surface area contributed by atoms with Crippen LogP contribution in [0.15, 0.2) is 0 Å². The maximum absolute atomic E-state index is 2.44. The van der Waals surface area contributed by atoms with Crippen molar-refractivity contribution in [2.45, 2.75) is 85.5 Å². The van der Waals surface area contributed by atoms with E-state index in [0.717, 1.165) is 23.7 Å². The van der Waals surface area contributed by atoms with Crippen LogP contribution in [0.1, 0.15) is 85.5 Å². The van der Waals surface area contributed by atoms with E-state index >= 15 is 0 Å². The first kappa shape index (κ1) is 15.1. The molecule has 3 atom stereocenters. The van der Waals surface area contributed by atoms with Crippen LogP contribution in [-0.2, 0) is 0 Å². The summed E-state index contributed by atoms with van der Waals surface area (Å²) in [5.74, 6) is 3.95. The Labute approximate surface area is 110 Å². The van der Waals surface area contributed by atoms with Gasteiger partial charge in [-0.15, -0.1) is 0 Å². The largest absolute Gasteiger partial charge is 0.0651 e. The van der Waals surface area contributed by atoms with E-state index in [4.69, 9.17) is 0 Å². The third-order valence-corrected chi connectivity index (χ3v) is 4.77. The molecular formula is C17H34. The summed E-state index contributed by atoms with van der Waals surface area (Å²) in [6, 6.07) is 0. The van der Waals surface area contributed by atoms with Crippen molar-refractivity contribution in [3.63, 3.8) is 0 Å². The predicted molar refractivity (Wildman–Crippen MR) is 78.2 cm³/mol. The monoisotopic (exact) mass is 238 g/mol. The normalized spacial score (nSPS) is 28.1. The topological polar surface area (TPSA) is 0 Å². The van der Waals surface area contributed by atoms with Crippen molar-refractivity contribution >= 4 is 0 Å². The Bertz CT molecular complexity index is 182. The lowest BCUT2D eigenvalue weighted by Gasteiger charge is -2.22.